The first-order chi connectivity index (χ1) is 7.74. The third-order valence-electron chi connectivity index (χ3n) is 2.08. The molecule has 2 rings (SSSR count). The molecule has 0 N–H and O–H groups in total. The van der Waals surface area contributed by atoms with E-state index in [1.807, 2.05) is 0 Å². The van der Waals surface area contributed by atoms with Crippen molar-refractivity contribution in [3.63, 3.8) is 0 Å². The number of hydrogen-bond acceptors (Lipinski definition) is 6. The largest absolute Gasteiger partial charge is 0.462 e. The maximum atomic E-state index is 11.2. The van der Waals surface area contributed by atoms with E-state index in [0.717, 1.165) is 25.7 Å². The zero-order valence-corrected chi connectivity index (χ0v) is 10.5. The summed E-state index contributed by atoms with van der Waals surface area (Å²) in [5.41, 5.74) is 0. The van der Waals surface area contributed by atoms with Gasteiger partial charge in [-0.15, -0.1) is 0 Å². The second kappa shape index (κ2) is 5.82. The van der Waals surface area contributed by atoms with Crippen LogP contribution < -0.4 is 0 Å². The van der Waals surface area contributed by atoms with Gasteiger partial charge in [-0.1, -0.05) is 21.6 Å². The minimum atomic E-state index is -0.185. The number of carbonyl (C=O) groups is 2. The van der Waals surface area contributed by atoms with E-state index >= 15 is 0 Å². The van der Waals surface area contributed by atoms with Gasteiger partial charge in [0, 0.05) is 0 Å². The fraction of sp³-hybridized carbons (Fsp3) is 0.800. The molecule has 0 heterocycles. The molecule has 90 valence electrons. The van der Waals surface area contributed by atoms with Gasteiger partial charge in [-0.05, 0) is 25.7 Å². The van der Waals surface area contributed by atoms with E-state index < -0.39 is 0 Å². The number of ether oxygens (including phenoxy) is 2. The molecule has 0 radical (unpaired) electrons. The van der Waals surface area contributed by atoms with Crippen LogP contribution in [0.25, 0.3) is 0 Å². The average molecular weight is 262 g/mol. The summed E-state index contributed by atoms with van der Waals surface area (Å²) in [7, 11) is 2.70. The Bertz CT molecular complexity index is 246. The number of esters is 2. The van der Waals surface area contributed by atoms with Crippen LogP contribution in [0, 0.1) is 0 Å². The second-order valence-electron chi connectivity index (χ2n) is 3.90. The minimum absolute atomic E-state index is 0.165. The highest BCUT2D eigenvalue weighted by atomic mass is 33.1. The summed E-state index contributed by atoms with van der Waals surface area (Å²) in [6.07, 6.45) is 4.32. The van der Waals surface area contributed by atoms with Crippen molar-refractivity contribution in [3.05, 3.63) is 0 Å². The van der Waals surface area contributed by atoms with Crippen molar-refractivity contribution < 1.29 is 19.1 Å². The van der Waals surface area contributed by atoms with E-state index in [-0.39, 0.29) is 24.1 Å². The Labute approximate surface area is 102 Å². The summed E-state index contributed by atoms with van der Waals surface area (Å²) < 4.78 is 10.1. The van der Waals surface area contributed by atoms with Gasteiger partial charge in [-0.25, -0.2) is 0 Å². The van der Waals surface area contributed by atoms with Gasteiger partial charge < -0.3 is 9.47 Å². The number of rotatable bonds is 7. The fourth-order valence-corrected chi connectivity index (χ4v) is 2.56. The summed E-state index contributed by atoms with van der Waals surface area (Å²) in [6, 6.07) is 0. The third-order valence-corrected chi connectivity index (χ3v) is 4.16. The smallest absolute Gasteiger partial charge is 0.317 e. The first-order valence-electron chi connectivity index (χ1n) is 5.37. The monoisotopic (exact) mass is 262 g/mol. The van der Waals surface area contributed by atoms with Crippen LogP contribution in [0.4, 0.5) is 0 Å². The fourth-order valence-electron chi connectivity index (χ4n) is 0.991. The predicted molar refractivity (Wildman–Crippen MR) is 63.1 cm³/mol. The van der Waals surface area contributed by atoms with Crippen molar-refractivity contribution in [2.75, 3.05) is 11.5 Å². The molecule has 0 unspecified atom stereocenters. The number of carbonyl (C=O) groups excluding carboxylic acids is 2. The van der Waals surface area contributed by atoms with E-state index in [0.29, 0.717) is 11.5 Å². The second-order valence-corrected chi connectivity index (χ2v) is 6.37. The zero-order chi connectivity index (χ0) is 11.4. The van der Waals surface area contributed by atoms with Crippen molar-refractivity contribution >= 4 is 33.5 Å². The Morgan fingerprint density at radius 1 is 0.875 bits per heavy atom. The summed E-state index contributed by atoms with van der Waals surface area (Å²) >= 11 is 0. The first-order valence-corrected chi connectivity index (χ1v) is 7.86. The van der Waals surface area contributed by atoms with Gasteiger partial charge in [-0.3, -0.25) is 9.59 Å². The molecule has 4 nitrogen and oxygen atoms in total. The summed E-state index contributed by atoms with van der Waals surface area (Å²) in [4.78, 5) is 22.3. The molecule has 2 fully saturated rings. The topological polar surface area (TPSA) is 52.6 Å². The van der Waals surface area contributed by atoms with E-state index in [4.69, 9.17) is 9.47 Å². The molecule has 0 aromatic carbocycles. The lowest BCUT2D eigenvalue weighted by atomic mass is 10.7. The van der Waals surface area contributed by atoms with Crippen molar-refractivity contribution in [2.45, 2.75) is 37.9 Å². The third kappa shape index (κ3) is 5.12. The first kappa shape index (κ1) is 12.1. The lowest BCUT2D eigenvalue weighted by Crippen LogP contribution is -2.10. The summed E-state index contributed by atoms with van der Waals surface area (Å²) in [5.74, 6) is 0.238. The van der Waals surface area contributed by atoms with Gasteiger partial charge in [0.2, 0.25) is 0 Å². The quantitative estimate of drug-likeness (QED) is 0.396. The maximum absolute atomic E-state index is 11.2. The van der Waals surface area contributed by atoms with Crippen molar-refractivity contribution in [2.24, 2.45) is 0 Å². The molecule has 0 spiro atoms. The molecule has 0 saturated heterocycles. The van der Waals surface area contributed by atoms with E-state index in [1.54, 1.807) is 0 Å². The van der Waals surface area contributed by atoms with E-state index in [2.05, 4.69) is 0 Å². The molecular weight excluding hydrogens is 248 g/mol. The van der Waals surface area contributed by atoms with Crippen molar-refractivity contribution in [3.8, 4) is 0 Å². The van der Waals surface area contributed by atoms with Crippen LogP contribution in [0.15, 0.2) is 0 Å². The molecule has 6 heteroatoms. The molecule has 0 atom stereocenters. The Balaban J connectivity index is 1.43. The molecule has 2 aliphatic carbocycles. The number of hydrogen-bond donors (Lipinski definition) is 0. The Morgan fingerprint density at radius 2 is 1.25 bits per heavy atom. The average Bonchev–Trinajstić information content (AvgIpc) is 3.08. The standard InChI is InChI=1S/C10H14O4S2/c11-9(13-7-1-2-7)5-15-16-6-10(12)14-8-3-4-8/h7-8H,1-6H2. The molecule has 2 aliphatic rings. The van der Waals surface area contributed by atoms with Crippen LogP contribution in [0.5, 0.6) is 0 Å². The highest BCUT2D eigenvalue weighted by Gasteiger charge is 2.26. The lowest BCUT2D eigenvalue weighted by Gasteiger charge is -2.03. The van der Waals surface area contributed by atoms with Crippen LogP contribution in [0.2, 0.25) is 0 Å². The molecule has 0 aromatic rings. The van der Waals surface area contributed by atoms with E-state index in [1.165, 1.54) is 21.6 Å². The molecule has 0 aliphatic heterocycles. The van der Waals surface area contributed by atoms with Gasteiger partial charge in [0.1, 0.15) is 23.7 Å². The molecule has 0 bridgehead atoms. The summed E-state index contributed by atoms with van der Waals surface area (Å²) in [5, 5.41) is 0. The zero-order valence-electron chi connectivity index (χ0n) is 8.85. The van der Waals surface area contributed by atoms with Crippen LogP contribution in [0.3, 0.4) is 0 Å². The van der Waals surface area contributed by atoms with Crippen LogP contribution in [0.1, 0.15) is 25.7 Å². The van der Waals surface area contributed by atoms with Gasteiger partial charge >= 0.3 is 11.9 Å². The molecule has 16 heavy (non-hydrogen) atoms. The van der Waals surface area contributed by atoms with E-state index in [9.17, 15) is 9.59 Å². The molecular formula is C10H14O4S2. The Hall–Kier alpha value is -0.360. The van der Waals surface area contributed by atoms with Crippen LogP contribution in [-0.4, -0.2) is 35.7 Å². The highest BCUT2D eigenvalue weighted by molar-refractivity contribution is 8.77. The SMILES string of the molecule is O=C(CSSCC(=O)OC1CC1)OC1CC1. The van der Waals surface area contributed by atoms with Gasteiger partial charge in [0.25, 0.3) is 0 Å². The van der Waals surface area contributed by atoms with Gasteiger partial charge in [0.15, 0.2) is 0 Å². The van der Waals surface area contributed by atoms with Crippen molar-refractivity contribution in [1.29, 1.82) is 0 Å². The van der Waals surface area contributed by atoms with Gasteiger partial charge in [-0.2, -0.15) is 0 Å². The Kier molecular flexibility index (Phi) is 4.40. The molecule has 0 aromatic heterocycles. The summed E-state index contributed by atoms with van der Waals surface area (Å²) in [6.45, 7) is 0. The van der Waals surface area contributed by atoms with Gasteiger partial charge in [0.05, 0.1) is 0 Å². The van der Waals surface area contributed by atoms with Crippen LogP contribution in [-0.2, 0) is 19.1 Å². The highest BCUT2D eigenvalue weighted by Crippen LogP contribution is 2.28. The Morgan fingerprint density at radius 3 is 1.56 bits per heavy atom. The normalized spacial score (nSPS) is 19.2. The maximum Gasteiger partial charge on any atom is 0.317 e. The van der Waals surface area contributed by atoms with Crippen molar-refractivity contribution in [1.82, 2.24) is 0 Å². The molecule has 2 saturated carbocycles. The van der Waals surface area contributed by atoms with Crippen LogP contribution >= 0.6 is 21.6 Å². The molecule has 0 amide bonds. The minimum Gasteiger partial charge on any atom is -0.462 e. The predicted octanol–water partition coefficient (Wildman–Crippen LogP) is 1.78. The lowest BCUT2D eigenvalue weighted by molar-refractivity contribution is -0.142.